The number of rotatable bonds is 5. The molecule has 3 rings (SSSR count). The number of benzene rings is 2. The fraction of sp³-hybridized carbons (Fsp3) is 0.222. The Bertz CT molecular complexity index is 845. The molecule has 0 saturated carbocycles. The lowest BCUT2D eigenvalue weighted by Gasteiger charge is -2.15. The van der Waals surface area contributed by atoms with Crippen molar-refractivity contribution in [1.82, 2.24) is 9.88 Å². The fourth-order valence-corrected chi connectivity index (χ4v) is 3.49. The van der Waals surface area contributed by atoms with Crippen molar-refractivity contribution in [3.05, 3.63) is 58.9 Å². The van der Waals surface area contributed by atoms with Crippen molar-refractivity contribution in [2.75, 3.05) is 18.9 Å². The van der Waals surface area contributed by atoms with E-state index < -0.39 is 0 Å². The maximum Gasteiger partial charge on any atom is 0.238 e. The highest BCUT2D eigenvalue weighted by atomic mass is 32.1. The van der Waals surface area contributed by atoms with Crippen LogP contribution in [0.5, 0.6) is 0 Å². The summed E-state index contributed by atoms with van der Waals surface area (Å²) in [7, 11) is 1.87. The number of likely N-dealkylation sites (N-methyl/N-ethyl adjacent to an activating group) is 1. The van der Waals surface area contributed by atoms with Gasteiger partial charge in [0, 0.05) is 5.69 Å². The Hall–Kier alpha value is -2.31. The van der Waals surface area contributed by atoms with Crippen LogP contribution >= 0.6 is 11.3 Å². The maximum atomic E-state index is 13.3. The molecule has 1 amide bonds. The normalized spacial score (nSPS) is 11.2. The molecule has 0 aliphatic heterocycles. The summed E-state index contributed by atoms with van der Waals surface area (Å²) < 4.78 is 14.4. The SMILES string of the molecule is Cc1ccc(F)cc1NC(=O)CN(C)Cc1nc2ccccc2s1. The highest BCUT2D eigenvalue weighted by molar-refractivity contribution is 7.18. The van der Waals surface area contributed by atoms with Crippen LogP contribution < -0.4 is 5.32 Å². The average Bonchev–Trinajstić information content (AvgIpc) is 2.92. The van der Waals surface area contributed by atoms with Gasteiger partial charge in [0.25, 0.3) is 0 Å². The van der Waals surface area contributed by atoms with Gasteiger partial charge in [0.2, 0.25) is 5.91 Å². The number of thiazole rings is 1. The molecule has 124 valence electrons. The van der Waals surface area contributed by atoms with Gasteiger partial charge < -0.3 is 5.32 Å². The smallest absolute Gasteiger partial charge is 0.238 e. The number of halogens is 1. The second-order valence-electron chi connectivity index (χ2n) is 5.76. The van der Waals surface area contributed by atoms with Crippen LogP contribution in [0.4, 0.5) is 10.1 Å². The summed E-state index contributed by atoms with van der Waals surface area (Å²) in [5.74, 6) is -0.536. The minimum atomic E-state index is -0.362. The lowest BCUT2D eigenvalue weighted by molar-refractivity contribution is -0.117. The van der Waals surface area contributed by atoms with E-state index in [2.05, 4.69) is 10.3 Å². The van der Waals surface area contributed by atoms with Crippen molar-refractivity contribution in [2.45, 2.75) is 13.5 Å². The Labute approximate surface area is 143 Å². The Morgan fingerprint density at radius 1 is 1.29 bits per heavy atom. The number of aromatic nitrogens is 1. The molecule has 24 heavy (non-hydrogen) atoms. The molecule has 0 spiro atoms. The predicted molar refractivity (Wildman–Crippen MR) is 95.7 cm³/mol. The van der Waals surface area contributed by atoms with Crippen molar-refractivity contribution in [3.63, 3.8) is 0 Å². The Morgan fingerprint density at radius 3 is 2.88 bits per heavy atom. The molecular weight excluding hydrogens is 325 g/mol. The lowest BCUT2D eigenvalue weighted by Crippen LogP contribution is -2.30. The molecule has 2 aromatic carbocycles. The van der Waals surface area contributed by atoms with Gasteiger partial charge in [-0.25, -0.2) is 9.37 Å². The first kappa shape index (κ1) is 16.5. The minimum absolute atomic E-state index is 0.174. The van der Waals surface area contributed by atoms with Crippen LogP contribution in [-0.2, 0) is 11.3 Å². The van der Waals surface area contributed by atoms with Gasteiger partial charge in [-0.05, 0) is 43.8 Å². The predicted octanol–water partition coefficient (Wildman–Crippen LogP) is 3.81. The van der Waals surface area contributed by atoms with E-state index in [-0.39, 0.29) is 18.3 Å². The van der Waals surface area contributed by atoms with Crippen LogP contribution in [0, 0.1) is 12.7 Å². The fourth-order valence-electron chi connectivity index (χ4n) is 2.44. The highest BCUT2D eigenvalue weighted by Gasteiger charge is 2.11. The standard InChI is InChI=1S/C18H18FN3OS/c1-12-7-8-13(19)9-15(12)20-17(23)10-22(2)11-18-21-14-5-3-4-6-16(14)24-18/h3-9H,10-11H2,1-2H3,(H,20,23). The largest absolute Gasteiger partial charge is 0.325 e. The van der Waals surface area contributed by atoms with E-state index in [9.17, 15) is 9.18 Å². The minimum Gasteiger partial charge on any atom is -0.325 e. The third-order valence-corrected chi connectivity index (χ3v) is 4.65. The van der Waals surface area contributed by atoms with Gasteiger partial charge in [-0.3, -0.25) is 9.69 Å². The molecule has 1 heterocycles. The van der Waals surface area contributed by atoms with Crippen LogP contribution in [0.2, 0.25) is 0 Å². The van der Waals surface area contributed by atoms with E-state index in [4.69, 9.17) is 0 Å². The van der Waals surface area contributed by atoms with Gasteiger partial charge >= 0.3 is 0 Å². The van der Waals surface area contributed by atoms with Gasteiger partial charge in [-0.15, -0.1) is 11.3 Å². The van der Waals surface area contributed by atoms with E-state index >= 15 is 0 Å². The molecule has 0 radical (unpaired) electrons. The number of hydrogen-bond donors (Lipinski definition) is 1. The van der Waals surface area contributed by atoms with Crippen molar-refractivity contribution in [2.24, 2.45) is 0 Å². The monoisotopic (exact) mass is 343 g/mol. The van der Waals surface area contributed by atoms with E-state index in [1.807, 2.05) is 43.1 Å². The molecule has 1 N–H and O–H groups in total. The van der Waals surface area contributed by atoms with E-state index in [0.717, 1.165) is 20.8 Å². The van der Waals surface area contributed by atoms with Crippen molar-refractivity contribution >= 4 is 33.1 Å². The topological polar surface area (TPSA) is 45.2 Å². The van der Waals surface area contributed by atoms with Crippen molar-refractivity contribution < 1.29 is 9.18 Å². The summed E-state index contributed by atoms with van der Waals surface area (Å²) in [6, 6.07) is 12.3. The number of nitrogens with one attached hydrogen (secondary N) is 1. The van der Waals surface area contributed by atoms with Crippen LogP contribution in [0.3, 0.4) is 0 Å². The second kappa shape index (κ2) is 7.07. The first-order chi connectivity index (χ1) is 11.5. The van der Waals surface area contributed by atoms with Gasteiger partial charge in [0.15, 0.2) is 0 Å². The third-order valence-electron chi connectivity index (χ3n) is 3.63. The number of hydrogen-bond acceptors (Lipinski definition) is 4. The van der Waals surface area contributed by atoms with E-state index in [1.54, 1.807) is 17.4 Å². The van der Waals surface area contributed by atoms with Gasteiger partial charge in [0.1, 0.15) is 10.8 Å². The van der Waals surface area contributed by atoms with Crippen molar-refractivity contribution in [1.29, 1.82) is 0 Å². The molecule has 0 bridgehead atoms. The van der Waals surface area contributed by atoms with Gasteiger partial charge in [-0.2, -0.15) is 0 Å². The second-order valence-corrected chi connectivity index (χ2v) is 6.87. The third kappa shape index (κ3) is 3.96. The number of carbonyl (C=O) groups is 1. The van der Waals surface area contributed by atoms with Gasteiger partial charge in [-0.1, -0.05) is 18.2 Å². The Kier molecular flexibility index (Phi) is 4.87. The number of nitrogens with zero attached hydrogens (tertiary/aromatic N) is 2. The number of amides is 1. The Balaban J connectivity index is 1.60. The molecule has 0 fully saturated rings. The Morgan fingerprint density at radius 2 is 2.08 bits per heavy atom. The zero-order valence-electron chi connectivity index (χ0n) is 13.5. The first-order valence-electron chi connectivity index (χ1n) is 7.60. The average molecular weight is 343 g/mol. The summed E-state index contributed by atoms with van der Waals surface area (Å²) in [6.45, 7) is 2.64. The molecule has 0 atom stereocenters. The molecular formula is C18H18FN3OS. The lowest BCUT2D eigenvalue weighted by atomic mass is 10.2. The summed E-state index contributed by atoms with van der Waals surface area (Å²) in [5.41, 5.74) is 2.32. The van der Waals surface area contributed by atoms with Crippen LogP contribution in [-0.4, -0.2) is 29.4 Å². The highest BCUT2D eigenvalue weighted by Crippen LogP contribution is 2.22. The number of carbonyl (C=O) groups excluding carboxylic acids is 1. The van der Waals surface area contributed by atoms with Crippen LogP contribution in [0.15, 0.2) is 42.5 Å². The molecule has 4 nitrogen and oxygen atoms in total. The molecule has 3 aromatic rings. The van der Waals surface area contributed by atoms with Crippen LogP contribution in [0.1, 0.15) is 10.6 Å². The summed E-state index contributed by atoms with van der Waals surface area (Å²) in [6.07, 6.45) is 0. The number of para-hydroxylation sites is 1. The molecule has 0 unspecified atom stereocenters. The van der Waals surface area contributed by atoms with Gasteiger partial charge in [0.05, 0.1) is 23.3 Å². The molecule has 6 heteroatoms. The zero-order chi connectivity index (χ0) is 17.1. The number of anilines is 1. The molecule has 0 saturated heterocycles. The van der Waals surface area contributed by atoms with Crippen LogP contribution in [0.25, 0.3) is 10.2 Å². The summed E-state index contributed by atoms with van der Waals surface area (Å²) in [4.78, 5) is 18.6. The zero-order valence-corrected chi connectivity index (χ0v) is 14.4. The molecule has 0 aliphatic carbocycles. The summed E-state index contributed by atoms with van der Waals surface area (Å²) in [5, 5.41) is 3.72. The quantitative estimate of drug-likeness (QED) is 0.766. The first-order valence-corrected chi connectivity index (χ1v) is 8.42. The number of aryl methyl sites for hydroxylation is 1. The molecule has 0 aliphatic rings. The van der Waals surface area contributed by atoms with E-state index in [1.165, 1.54) is 12.1 Å². The maximum absolute atomic E-state index is 13.3. The summed E-state index contributed by atoms with van der Waals surface area (Å²) >= 11 is 1.63. The number of fused-ring (bicyclic) bond motifs is 1. The van der Waals surface area contributed by atoms with Crippen molar-refractivity contribution in [3.8, 4) is 0 Å². The van der Waals surface area contributed by atoms with E-state index in [0.29, 0.717) is 12.2 Å². The molecule has 1 aromatic heterocycles.